The van der Waals surface area contributed by atoms with Gasteiger partial charge in [0.05, 0.1) is 0 Å². The molecule has 6 nitrogen and oxygen atoms in total. The van der Waals surface area contributed by atoms with Crippen molar-refractivity contribution in [3.63, 3.8) is 0 Å². The minimum Gasteiger partial charge on any atom is -0.367 e. The summed E-state index contributed by atoms with van der Waals surface area (Å²) in [5.74, 6) is 0.400. The molecule has 0 amide bonds. The Kier molecular flexibility index (Phi) is 5.73. The molecule has 0 bridgehead atoms. The number of nitrogens with zero attached hydrogens (tertiary/aromatic N) is 4. The number of hydrogen-bond donors (Lipinski definition) is 2. The van der Waals surface area contributed by atoms with Crippen LogP contribution in [0, 0.1) is 27.3 Å². The summed E-state index contributed by atoms with van der Waals surface area (Å²) in [4.78, 5) is 2.34. The third-order valence-electron chi connectivity index (χ3n) is 5.08. The second-order valence-corrected chi connectivity index (χ2v) is 7.27. The summed E-state index contributed by atoms with van der Waals surface area (Å²) in [6.07, 6.45) is 1.85. The van der Waals surface area contributed by atoms with Gasteiger partial charge in [0.1, 0.15) is 28.8 Å². The first-order valence-electron chi connectivity index (χ1n) is 8.88. The normalized spacial score (nSPS) is 15.5. The first-order valence-corrected chi connectivity index (χ1v) is 9.29. The third-order valence-corrected chi connectivity index (χ3v) is 5.63. The number of aromatic nitrogens is 2. The van der Waals surface area contributed by atoms with Crippen LogP contribution in [0.3, 0.4) is 0 Å². The van der Waals surface area contributed by atoms with Gasteiger partial charge in [-0.3, -0.25) is 10.3 Å². The highest BCUT2D eigenvalue weighted by Gasteiger charge is 2.22. The Balaban J connectivity index is 1.68. The lowest BCUT2D eigenvalue weighted by atomic mass is 10.0. The van der Waals surface area contributed by atoms with Crippen LogP contribution in [0.25, 0.3) is 0 Å². The lowest BCUT2D eigenvalue weighted by Gasteiger charge is -2.33. The van der Waals surface area contributed by atoms with E-state index in [4.69, 9.17) is 17.6 Å². The maximum atomic E-state index is 13.0. The fourth-order valence-electron chi connectivity index (χ4n) is 3.42. The predicted molar refractivity (Wildman–Crippen MR) is 104 cm³/mol. The molecule has 0 aliphatic carbocycles. The van der Waals surface area contributed by atoms with Gasteiger partial charge in [0.2, 0.25) is 0 Å². The van der Waals surface area contributed by atoms with Crippen LogP contribution >= 0.6 is 12.2 Å². The summed E-state index contributed by atoms with van der Waals surface area (Å²) < 4.78 is 16.8. The predicted octanol–water partition coefficient (Wildman–Crippen LogP) is 2.66. The summed E-state index contributed by atoms with van der Waals surface area (Å²) >= 11 is 5.37. The van der Waals surface area contributed by atoms with Gasteiger partial charge in [-0.2, -0.15) is 5.26 Å². The Hall–Kier alpha value is -2.50. The average molecular weight is 387 g/mol. The zero-order chi connectivity index (χ0) is 19.6. The van der Waals surface area contributed by atoms with Crippen LogP contribution in [0.4, 0.5) is 10.2 Å². The highest BCUT2D eigenvalue weighted by molar-refractivity contribution is 7.71. The average Bonchev–Trinajstić information content (AvgIpc) is 2.68. The van der Waals surface area contributed by atoms with Gasteiger partial charge < -0.3 is 14.5 Å². The van der Waals surface area contributed by atoms with Gasteiger partial charge in [-0.1, -0.05) is 12.1 Å². The first-order chi connectivity index (χ1) is 12.9. The Morgan fingerprint density at radius 3 is 2.44 bits per heavy atom. The second kappa shape index (κ2) is 8.03. The van der Waals surface area contributed by atoms with E-state index in [1.807, 2.05) is 19.2 Å². The van der Waals surface area contributed by atoms with Crippen LogP contribution < -0.4 is 10.8 Å². The standard InChI is InChI=1S/C19H23FN6S/c1-24-17(22)16(11-21)18(25(2)19(24)27)23-15-7-9-26(10-8-15)12-13-3-5-14(20)6-4-13/h3-6,15,22-23H,7-10,12H2,1-2H3. The molecule has 1 fully saturated rings. The molecule has 1 aromatic heterocycles. The maximum absolute atomic E-state index is 13.0. The van der Waals surface area contributed by atoms with Gasteiger partial charge >= 0.3 is 0 Å². The Bertz CT molecular complexity index is 977. The number of piperidine rings is 1. The van der Waals surface area contributed by atoms with E-state index in [0.29, 0.717) is 16.2 Å². The number of likely N-dealkylation sites (tertiary alicyclic amines) is 1. The van der Waals surface area contributed by atoms with Crippen LogP contribution in [-0.2, 0) is 20.6 Å². The molecule has 1 aliphatic rings. The minimum absolute atomic E-state index is 0.122. The van der Waals surface area contributed by atoms with Crippen molar-refractivity contribution >= 4 is 18.0 Å². The maximum Gasteiger partial charge on any atom is 0.182 e. The molecule has 2 aromatic rings. The van der Waals surface area contributed by atoms with Crippen molar-refractivity contribution in [3.8, 4) is 6.07 Å². The van der Waals surface area contributed by atoms with Crippen LogP contribution in [0.15, 0.2) is 24.3 Å². The van der Waals surface area contributed by atoms with E-state index < -0.39 is 0 Å². The number of rotatable bonds is 4. The fourth-order valence-corrected chi connectivity index (χ4v) is 3.60. The molecule has 8 heteroatoms. The molecule has 27 heavy (non-hydrogen) atoms. The number of benzene rings is 1. The van der Waals surface area contributed by atoms with Crippen LogP contribution in [-0.4, -0.2) is 33.2 Å². The zero-order valence-corrected chi connectivity index (χ0v) is 16.3. The van der Waals surface area contributed by atoms with Crippen LogP contribution in [0.5, 0.6) is 0 Å². The molecule has 1 saturated heterocycles. The Morgan fingerprint density at radius 2 is 1.85 bits per heavy atom. The molecule has 0 saturated carbocycles. The monoisotopic (exact) mass is 386 g/mol. The fraction of sp³-hybridized carbons (Fsp3) is 0.421. The summed E-state index contributed by atoms with van der Waals surface area (Å²) in [5.41, 5.74) is 1.53. The summed E-state index contributed by atoms with van der Waals surface area (Å²) in [5, 5.41) is 21.1. The molecule has 0 unspecified atom stereocenters. The SMILES string of the molecule is Cn1c(NC2CCN(Cc3ccc(F)cc3)CC2)c(C#N)c(=N)n(C)c1=S. The van der Waals surface area contributed by atoms with E-state index in [1.54, 1.807) is 11.6 Å². The van der Waals surface area contributed by atoms with Gasteiger partial charge in [0, 0.05) is 39.8 Å². The smallest absolute Gasteiger partial charge is 0.182 e. The molecule has 2 heterocycles. The molecule has 1 aliphatic heterocycles. The van der Waals surface area contributed by atoms with Crippen molar-refractivity contribution in [2.45, 2.75) is 25.4 Å². The van der Waals surface area contributed by atoms with Crippen molar-refractivity contribution in [3.05, 3.63) is 51.5 Å². The Labute approximate surface area is 163 Å². The van der Waals surface area contributed by atoms with Crippen molar-refractivity contribution < 1.29 is 4.39 Å². The number of nitrogens with one attached hydrogen (secondary N) is 2. The molecule has 3 rings (SSSR count). The van der Waals surface area contributed by atoms with Gasteiger partial charge in [-0.05, 0) is 42.8 Å². The third kappa shape index (κ3) is 4.10. The van der Waals surface area contributed by atoms with Gasteiger partial charge in [-0.25, -0.2) is 4.39 Å². The van der Waals surface area contributed by atoms with E-state index in [2.05, 4.69) is 16.3 Å². The lowest BCUT2D eigenvalue weighted by molar-refractivity contribution is 0.211. The molecule has 0 atom stereocenters. The van der Waals surface area contributed by atoms with Crippen molar-refractivity contribution in [2.24, 2.45) is 14.1 Å². The van der Waals surface area contributed by atoms with E-state index in [-0.39, 0.29) is 17.3 Å². The highest BCUT2D eigenvalue weighted by Crippen LogP contribution is 2.19. The highest BCUT2D eigenvalue weighted by atomic mass is 32.1. The minimum atomic E-state index is -0.214. The number of anilines is 1. The van der Waals surface area contributed by atoms with E-state index >= 15 is 0 Å². The topological polar surface area (TPSA) is 72.8 Å². The van der Waals surface area contributed by atoms with Gasteiger partial charge in [0.25, 0.3) is 0 Å². The molecule has 0 radical (unpaired) electrons. The van der Waals surface area contributed by atoms with E-state index in [0.717, 1.165) is 38.0 Å². The van der Waals surface area contributed by atoms with Crippen LogP contribution in [0.1, 0.15) is 24.0 Å². The van der Waals surface area contributed by atoms with E-state index in [9.17, 15) is 9.65 Å². The molecular formula is C19H23FN6S. The van der Waals surface area contributed by atoms with Crippen molar-refractivity contribution in [1.82, 2.24) is 14.0 Å². The number of halogens is 1. The molecule has 1 aromatic carbocycles. The van der Waals surface area contributed by atoms with Crippen molar-refractivity contribution in [1.29, 1.82) is 10.7 Å². The number of hydrogen-bond acceptors (Lipinski definition) is 5. The van der Waals surface area contributed by atoms with Crippen LogP contribution in [0.2, 0.25) is 0 Å². The number of nitriles is 1. The quantitative estimate of drug-likeness (QED) is 0.793. The van der Waals surface area contributed by atoms with E-state index in [1.165, 1.54) is 16.7 Å². The summed E-state index contributed by atoms with van der Waals surface area (Å²) in [7, 11) is 3.51. The van der Waals surface area contributed by atoms with Gasteiger partial charge in [0.15, 0.2) is 4.77 Å². The first kappa shape index (κ1) is 19.3. The largest absolute Gasteiger partial charge is 0.367 e. The summed E-state index contributed by atoms with van der Waals surface area (Å²) in [6.45, 7) is 2.63. The van der Waals surface area contributed by atoms with Gasteiger partial charge in [-0.15, -0.1) is 0 Å². The molecule has 2 N–H and O–H groups in total. The van der Waals surface area contributed by atoms with Crippen molar-refractivity contribution in [2.75, 3.05) is 18.4 Å². The Morgan fingerprint density at radius 1 is 1.22 bits per heavy atom. The summed E-state index contributed by atoms with van der Waals surface area (Å²) in [6, 6.07) is 8.98. The molecule has 0 spiro atoms. The lowest BCUT2D eigenvalue weighted by Crippen LogP contribution is -2.40. The molecule has 142 valence electrons. The zero-order valence-electron chi connectivity index (χ0n) is 15.5. The molecular weight excluding hydrogens is 363 g/mol. The second-order valence-electron chi connectivity index (χ2n) is 6.91.